The van der Waals surface area contributed by atoms with Gasteiger partial charge in [0.25, 0.3) is 5.79 Å². The van der Waals surface area contributed by atoms with Crippen LogP contribution in [0.3, 0.4) is 0 Å². The van der Waals surface area contributed by atoms with E-state index in [0.717, 1.165) is 11.1 Å². The minimum atomic E-state index is -1.79. The molecule has 0 saturated carbocycles. The van der Waals surface area contributed by atoms with Crippen molar-refractivity contribution in [2.24, 2.45) is 0 Å². The molecule has 0 aliphatic carbocycles. The summed E-state index contributed by atoms with van der Waals surface area (Å²) in [7, 11) is 0. The summed E-state index contributed by atoms with van der Waals surface area (Å²) in [4.78, 5) is 4.01. The molecule has 8 heteroatoms. The van der Waals surface area contributed by atoms with Crippen molar-refractivity contribution in [3.05, 3.63) is 108 Å². The first kappa shape index (κ1) is 21.0. The Balaban J connectivity index is 1.41. The first-order valence-electron chi connectivity index (χ1n) is 10.6. The highest BCUT2D eigenvalue weighted by atomic mass is 16.7. The largest absolute Gasteiger partial charge is 0.493 e. The van der Waals surface area contributed by atoms with Crippen molar-refractivity contribution in [2.75, 3.05) is 5.73 Å². The van der Waals surface area contributed by atoms with Crippen LogP contribution in [0.25, 0.3) is 5.52 Å². The number of nitrogens with zero attached hydrogens (tertiary/aromatic N) is 3. The molecule has 168 valence electrons. The Hall–Kier alpha value is -3.88. The van der Waals surface area contributed by atoms with Crippen molar-refractivity contribution in [2.45, 2.75) is 31.5 Å². The summed E-state index contributed by atoms with van der Waals surface area (Å²) in [6.45, 7) is 0.704. The number of benzene rings is 2. The van der Waals surface area contributed by atoms with Gasteiger partial charge in [0.1, 0.15) is 42.3 Å². The zero-order valence-corrected chi connectivity index (χ0v) is 17.9. The second kappa shape index (κ2) is 8.93. The van der Waals surface area contributed by atoms with E-state index in [9.17, 15) is 5.11 Å². The third-order valence-electron chi connectivity index (χ3n) is 5.56. The molecule has 0 amide bonds. The lowest BCUT2D eigenvalue weighted by Crippen LogP contribution is -2.39. The van der Waals surface area contributed by atoms with E-state index in [2.05, 4.69) is 10.1 Å². The number of anilines is 1. The minimum absolute atomic E-state index is 0.307. The van der Waals surface area contributed by atoms with Crippen LogP contribution >= 0.6 is 0 Å². The molecule has 0 bridgehead atoms. The molecule has 0 radical (unpaired) electrons. The fraction of sp³-hybridized carbons (Fsp3) is 0.200. The maximum Gasteiger partial charge on any atom is 0.278 e. The summed E-state index contributed by atoms with van der Waals surface area (Å²) in [5.74, 6) is -1.01. The van der Waals surface area contributed by atoms with Gasteiger partial charge in [-0.15, -0.1) is 0 Å². The molecule has 3 N–H and O–H groups in total. The van der Waals surface area contributed by atoms with E-state index in [1.165, 1.54) is 17.1 Å². The Morgan fingerprint density at radius 1 is 1.03 bits per heavy atom. The lowest BCUT2D eigenvalue weighted by Gasteiger charge is -2.28. The zero-order chi connectivity index (χ0) is 22.7. The van der Waals surface area contributed by atoms with Crippen molar-refractivity contribution >= 4 is 11.3 Å². The highest BCUT2D eigenvalue weighted by Gasteiger charge is 2.51. The van der Waals surface area contributed by atoms with Crippen molar-refractivity contribution in [1.82, 2.24) is 14.6 Å². The highest BCUT2D eigenvalue weighted by molar-refractivity contribution is 5.65. The standard InChI is InChI=1S/C25H24N4O4/c26-24-21-11-12-22(29(21)28-17-27-24)25(30)23(32-15-19-9-5-2-6-10-19)13-20(33-25)16-31-14-18-7-3-1-4-8-18/h1-12,16-17,23,30H,13-15H2,(H2,26,27,28)/t23-,25?/m1/s1. The number of nitrogen functional groups attached to an aromatic ring is 1. The molecule has 4 aromatic rings. The van der Waals surface area contributed by atoms with Gasteiger partial charge in [-0.25, -0.2) is 9.50 Å². The van der Waals surface area contributed by atoms with Crippen molar-refractivity contribution in [3.63, 3.8) is 0 Å². The second-order valence-electron chi connectivity index (χ2n) is 7.83. The minimum Gasteiger partial charge on any atom is -0.493 e. The Morgan fingerprint density at radius 2 is 1.73 bits per heavy atom. The number of hydrogen-bond donors (Lipinski definition) is 2. The van der Waals surface area contributed by atoms with Gasteiger partial charge in [-0.2, -0.15) is 5.10 Å². The number of hydrogen-bond acceptors (Lipinski definition) is 7. The Labute approximate surface area is 190 Å². The van der Waals surface area contributed by atoms with E-state index in [-0.39, 0.29) is 0 Å². The van der Waals surface area contributed by atoms with Crippen LogP contribution in [-0.2, 0) is 33.2 Å². The van der Waals surface area contributed by atoms with Gasteiger partial charge in [-0.05, 0) is 23.3 Å². The summed E-state index contributed by atoms with van der Waals surface area (Å²) in [5.41, 5.74) is 8.97. The van der Waals surface area contributed by atoms with Crippen LogP contribution in [0, 0.1) is 0 Å². The zero-order valence-electron chi connectivity index (χ0n) is 17.9. The molecular formula is C25H24N4O4. The van der Waals surface area contributed by atoms with Crippen LogP contribution in [0.1, 0.15) is 23.2 Å². The normalized spacial score (nSPS) is 21.4. The number of aromatic nitrogens is 3. The molecule has 2 atom stereocenters. The van der Waals surface area contributed by atoms with Gasteiger partial charge in [0.05, 0.1) is 6.61 Å². The Bertz CT molecular complexity index is 1260. The molecule has 1 aliphatic rings. The molecule has 1 aliphatic heterocycles. The summed E-state index contributed by atoms with van der Waals surface area (Å²) in [6.07, 6.45) is 2.50. The number of nitrogens with two attached hydrogens (primary N) is 1. The van der Waals surface area contributed by atoms with Gasteiger partial charge in [0.2, 0.25) is 0 Å². The summed E-state index contributed by atoms with van der Waals surface area (Å²) in [5, 5.41) is 15.9. The van der Waals surface area contributed by atoms with Crippen molar-refractivity contribution < 1.29 is 19.3 Å². The van der Waals surface area contributed by atoms with Crippen LogP contribution in [0.4, 0.5) is 5.82 Å². The van der Waals surface area contributed by atoms with E-state index >= 15 is 0 Å². The Morgan fingerprint density at radius 3 is 2.45 bits per heavy atom. The molecule has 5 rings (SSSR count). The molecule has 3 heterocycles. The molecule has 33 heavy (non-hydrogen) atoms. The SMILES string of the molecule is Nc1ncnn2c(C3(O)OC(=COCc4ccccc4)C[C@H]3OCc3ccccc3)ccc12. The van der Waals surface area contributed by atoms with Gasteiger partial charge >= 0.3 is 0 Å². The van der Waals surface area contributed by atoms with Crippen LogP contribution < -0.4 is 5.73 Å². The molecule has 2 aromatic carbocycles. The van der Waals surface area contributed by atoms with E-state index in [0.29, 0.717) is 42.4 Å². The summed E-state index contributed by atoms with van der Waals surface area (Å²) in [6, 6.07) is 23.0. The number of aliphatic hydroxyl groups is 1. The van der Waals surface area contributed by atoms with Gasteiger partial charge in [-0.3, -0.25) is 0 Å². The molecule has 2 aromatic heterocycles. The first-order valence-corrected chi connectivity index (χ1v) is 10.6. The van der Waals surface area contributed by atoms with E-state index in [4.69, 9.17) is 19.9 Å². The smallest absolute Gasteiger partial charge is 0.278 e. The summed E-state index contributed by atoms with van der Waals surface area (Å²) >= 11 is 0. The average molecular weight is 444 g/mol. The third kappa shape index (κ3) is 4.26. The van der Waals surface area contributed by atoms with Gasteiger partial charge in [0, 0.05) is 6.42 Å². The average Bonchev–Trinajstić information content (AvgIpc) is 3.42. The van der Waals surface area contributed by atoms with Crippen LogP contribution in [0.2, 0.25) is 0 Å². The summed E-state index contributed by atoms with van der Waals surface area (Å²) < 4.78 is 19.4. The lowest BCUT2D eigenvalue weighted by atomic mass is 10.1. The maximum atomic E-state index is 11.7. The van der Waals surface area contributed by atoms with E-state index in [1.807, 2.05) is 60.7 Å². The number of ether oxygens (including phenoxy) is 3. The van der Waals surface area contributed by atoms with E-state index < -0.39 is 11.9 Å². The molecule has 0 spiro atoms. The van der Waals surface area contributed by atoms with Crippen LogP contribution in [0.5, 0.6) is 0 Å². The Kier molecular flexibility index (Phi) is 5.68. The maximum absolute atomic E-state index is 11.7. The molecule has 1 unspecified atom stereocenters. The fourth-order valence-electron chi connectivity index (χ4n) is 3.89. The monoisotopic (exact) mass is 444 g/mol. The topological polar surface area (TPSA) is 104 Å². The predicted molar refractivity (Wildman–Crippen MR) is 121 cm³/mol. The molecule has 1 fully saturated rings. The van der Waals surface area contributed by atoms with Gasteiger partial charge in [0.15, 0.2) is 5.82 Å². The van der Waals surface area contributed by atoms with Gasteiger partial charge in [-0.1, -0.05) is 60.7 Å². The fourth-order valence-corrected chi connectivity index (χ4v) is 3.89. The second-order valence-corrected chi connectivity index (χ2v) is 7.83. The predicted octanol–water partition coefficient (Wildman–Crippen LogP) is 3.52. The first-order chi connectivity index (χ1) is 16.1. The van der Waals surface area contributed by atoms with E-state index in [1.54, 1.807) is 12.1 Å². The quantitative estimate of drug-likeness (QED) is 0.420. The van der Waals surface area contributed by atoms with Crippen molar-refractivity contribution in [3.8, 4) is 0 Å². The molecule has 1 saturated heterocycles. The van der Waals surface area contributed by atoms with Gasteiger partial charge < -0.3 is 25.1 Å². The van der Waals surface area contributed by atoms with Crippen LogP contribution in [0.15, 0.2) is 91.1 Å². The molecule has 8 nitrogen and oxygen atoms in total. The van der Waals surface area contributed by atoms with Crippen LogP contribution in [-0.4, -0.2) is 25.8 Å². The lowest BCUT2D eigenvalue weighted by molar-refractivity contribution is -0.229. The molecular weight excluding hydrogens is 420 g/mol. The number of rotatable bonds is 7. The third-order valence-corrected chi connectivity index (χ3v) is 5.56. The highest BCUT2D eigenvalue weighted by Crippen LogP contribution is 2.42. The van der Waals surface area contributed by atoms with Crippen molar-refractivity contribution in [1.29, 1.82) is 0 Å². The number of fused-ring (bicyclic) bond motifs is 1.